The van der Waals surface area contributed by atoms with Gasteiger partial charge in [0.25, 0.3) is 5.91 Å². The second kappa shape index (κ2) is 8.49. The number of fused-ring (bicyclic) bond motifs is 1. The van der Waals surface area contributed by atoms with Crippen molar-refractivity contribution in [3.05, 3.63) is 52.5 Å². The quantitative estimate of drug-likeness (QED) is 0.708. The lowest BCUT2D eigenvalue weighted by Gasteiger charge is -2.25. The molecule has 0 spiro atoms. The van der Waals surface area contributed by atoms with E-state index in [2.05, 4.69) is 10.6 Å². The second-order valence-electron chi connectivity index (χ2n) is 7.59. The van der Waals surface area contributed by atoms with E-state index in [0.717, 1.165) is 11.1 Å². The summed E-state index contributed by atoms with van der Waals surface area (Å²) in [5, 5.41) is 5.38. The number of anilines is 1. The second-order valence-corrected chi connectivity index (χ2v) is 9.86. The van der Waals surface area contributed by atoms with E-state index in [9.17, 15) is 18.0 Å². The molecule has 4 rings (SSSR count). The predicted octanol–water partition coefficient (Wildman–Crippen LogP) is 2.45. The van der Waals surface area contributed by atoms with E-state index in [1.165, 1.54) is 16.4 Å². The van der Waals surface area contributed by atoms with Gasteiger partial charge in [0, 0.05) is 19.2 Å². The van der Waals surface area contributed by atoms with Crippen molar-refractivity contribution < 1.29 is 22.7 Å². The molecular formula is C21H22ClN3O5S. The van der Waals surface area contributed by atoms with E-state index in [1.807, 2.05) is 31.2 Å². The van der Waals surface area contributed by atoms with Crippen LogP contribution in [0.15, 0.2) is 41.3 Å². The molecule has 1 unspecified atom stereocenters. The standard InChI is InChI=1S/C21H22ClN3O5S/c1-13-4-6-14(7-5-13)11-23-21(27)17-3-2-8-25(17)31(28,29)19-10-18-16(9-15(19)22)24-20(26)12-30-18/h4-7,9-10,17H,2-3,8,11-12H2,1H3,(H,23,27)(H,24,26). The van der Waals surface area contributed by atoms with Crippen LogP contribution in [0.1, 0.15) is 24.0 Å². The molecule has 0 aromatic heterocycles. The zero-order chi connectivity index (χ0) is 22.2. The van der Waals surface area contributed by atoms with Crippen LogP contribution in [0.25, 0.3) is 0 Å². The van der Waals surface area contributed by atoms with Crippen molar-refractivity contribution in [3.8, 4) is 5.75 Å². The number of amides is 2. The lowest BCUT2D eigenvalue weighted by Crippen LogP contribution is -2.45. The van der Waals surface area contributed by atoms with Gasteiger partial charge in [-0.2, -0.15) is 4.31 Å². The Morgan fingerprint density at radius 2 is 2.03 bits per heavy atom. The highest BCUT2D eigenvalue weighted by molar-refractivity contribution is 7.89. The number of nitrogens with one attached hydrogen (secondary N) is 2. The largest absolute Gasteiger partial charge is 0.482 e. The number of nitrogens with zero attached hydrogens (tertiary/aromatic N) is 1. The minimum Gasteiger partial charge on any atom is -0.482 e. The first-order valence-corrected chi connectivity index (χ1v) is 11.7. The molecule has 2 aromatic carbocycles. The summed E-state index contributed by atoms with van der Waals surface area (Å²) in [6.07, 6.45) is 0.991. The van der Waals surface area contributed by atoms with Crippen molar-refractivity contribution >= 4 is 39.1 Å². The Morgan fingerprint density at radius 3 is 2.77 bits per heavy atom. The molecule has 2 amide bonds. The van der Waals surface area contributed by atoms with Gasteiger partial charge in [-0.25, -0.2) is 8.42 Å². The number of hydrogen-bond donors (Lipinski definition) is 2. The van der Waals surface area contributed by atoms with Crippen molar-refractivity contribution in [1.82, 2.24) is 9.62 Å². The molecule has 0 aliphatic carbocycles. The molecule has 2 heterocycles. The van der Waals surface area contributed by atoms with Crippen LogP contribution < -0.4 is 15.4 Å². The number of rotatable bonds is 5. The normalized spacial score (nSPS) is 18.8. The van der Waals surface area contributed by atoms with E-state index >= 15 is 0 Å². The van der Waals surface area contributed by atoms with E-state index < -0.39 is 16.1 Å². The maximum Gasteiger partial charge on any atom is 0.262 e. The van der Waals surface area contributed by atoms with Crippen molar-refractivity contribution in [3.63, 3.8) is 0 Å². The number of halogens is 1. The molecule has 2 aromatic rings. The van der Waals surface area contributed by atoms with Crippen molar-refractivity contribution in [1.29, 1.82) is 0 Å². The van der Waals surface area contributed by atoms with Crippen LogP contribution in [0.5, 0.6) is 5.75 Å². The molecule has 2 N–H and O–H groups in total. The molecule has 1 atom stereocenters. The van der Waals surface area contributed by atoms with Gasteiger partial charge in [-0.05, 0) is 31.4 Å². The third-order valence-corrected chi connectivity index (χ3v) is 7.72. The van der Waals surface area contributed by atoms with Crippen LogP contribution >= 0.6 is 11.6 Å². The topological polar surface area (TPSA) is 105 Å². The summed E-state index contributed by atoms with van der Waals surface area (Å²) in [5.74, 6) is -0.467. The highest BCUT2D eigenvalue weighted by Crippen LogP contribution is 2.38. The lowest BCUT2D eigenvalue weighted by atomic mass is 10.1. The van der Waals surface area contributed by atoms with Crippen LogP contribution in [0.2, 0.25) is 5.02 Å². The lowest BCUT2D eigenvalue weighted by molar-refractivity contribution is -0.124. The maximum absolute atomic E-state index is 13.4. The summed E-state index contributed by atoms with van der Waals surface area (Å²) in [6, 6.07) is 9.58. The third kappa shape index (κ3) is 4.39. The fourth-order valence-electron chi connectivity index (χ4n) is 3.71. The zero-order valence-corrected chi connectivity index (χ0v) is 18.4. The maximum atomic E-state index is 13.4. The van der Waals surface area contributed by atoms with Gasteiger partial charge in [-0.15, -0.1) is 0 Å². The third-order valence-electron chi connectivity index (χ3n) is 5.35. The molecule has 8 nitrogen and oxygen atoms in total. The number of carbonyl (C=O) groups is 2. The SMILES string of the molecule is Cc1ccc(CNC(=O)C2CCCN2S(=O)(=O)c2cc3c(cc2Cl)NC(=O)CO3)cc1. The predicted molar refractivity (Wildman–Crippen MR) is 116 cm³/mol. The van der Waals surface area contributed by atoms with E-state index in [0.29, 0.717) is 25.1 Å². The Kier molecular flexibility index (Phi) is 5.92. The van der Waals surface area contributed by atoms with Crippen LogP contribution in [0.4, 0.5) is 5.69 Å². The summed E-state index contributed by atoms with van der Waals surface area (Å²) < 4.78 is 33.2. The Balaban J connectivity index is 1.54. The average Bonchev–Trinajstić information content (AvgIpc) is 3.23. The van der Waals surface area contributed by atoms with Gasteiger partial charge in [0.2, 0.25) is 15.9 Å². The number of carbonyl (C=O) groups excluding carboxylic acids is 2. The monoisotopic (exact) mass is 463 g/mol. The molecule has 31 heavy (non-hydrogen) atoms. The molecule has 0 saturated carbocycles. The molecule has 0 radical (unpaired) electrons. The van der Waals surface area contributed by atoms with Crippen molar-refractivity contribution in [2.24, 2.45) is 0 Å². The summed E-state index contributed by atoms with van der Waals surface area (Å²) in [5.41, 5.74) is 2.37. The fraction of sp³-hybridized carbons (Fsp3) is 0.333. The van der Waals surface area contributed by atoms with Gasteiger partial charge in [0.05, 0.1) is 10.7 Å². The Bertz CT molecular complexity index is 1130. The van der Waals surface area contributed by atoms with Crippen LogP contribution in [0.3, 0.4) is 0 Å². The number of ether oxygens (including phenoxy) is 1. The zero-order valence-electron chi connectivity index (χ0n) is 16.9. The van der Waals surface area contributed by atoms with Crippen molar-refractivity contribution in [2.45, 2.75) is 37.2 Å². The molecule has 2 aliphatic heterocycles. The summed E-state index contributed by atoms with van der Waals surface area (Å²) in [7, 11) is -4.05. The molecular weight excluding hydrogens is 442 g/mol. The van der Waals surface area contributed by atoms with E-state index in [-0.39, 0.29) is 40.6 Å². The van der Waals surface area contributed by atoms with Gasteiger partial charge in [0.1, 0.15) is 16.7 Å². The summed E-state index contributed by atoms with van der Waals surface area (Å²) in [4.78, 5) is 24.1. The van der Waals surface area contributed by atoms with Crippen LogP contribution in [-0.2, 0) is 26.2 Å². The van der Waals surface area contributed by atoms with E-state index in [4.69, 9.17) is 16.3 Å². The van der Waals surface area contributed by atoms with Gasteiger partial charge in [-0.3, -0.25) is 9.59 Å². The first-order valence-electron chi connectivity index (χ1n) is 9.87. The van der Waals surface area contributed by atoms with Gasteiger partial charge < -0.3 is 15.4 Å². The molecule has 2 aliphatic rings. The first kappa shape index (κ1) is 21.6. The number of benzene rings is 2. The Morgan fingerprint density at radius 1 is 1.29 bits per heavy atom. The van der Waals surface area contributed by atoms with Crippen LogP contribution in [-0.4, -0.2) is 43.7 Å². The number of aryl methyl sites for hydroxylation is 1. The number of hydrogen-bond acceptors (Lipinski definition) is 5. The molecule has 1 fully saturated rings. The highest BCUT2D eigenvalue weighted by Gasteiger charge is 2.40. The van der Waals surface area contributed by atoms with Gasteiger partial charge >= 0.3 is 0 Å². The summed E-state index contributed by atoms with van der Waals surface area (Å²) in [6.45, 7) is 2.31. The number of sulfonamides is 1. The molecule has 0 bridgehead atoms. The minimum atomic E-state index is -4.05. The average molecular weight is 464 g/mol. The smallest absolute Gasteiger partial charge is 0.262 e. The molecule has 164 valence electrons. The fourth-order valence-corrected chi connectivity index (χ4v) is 5.88. The first-order chi connectivity index (χ1) is 14.8. The highest BCUT2D eigenvalue weighted by atomic mass is 35.5. The van der Waals surface area contributed by atoms with Crippen molar-refractivity contribution in [2.75, 3.05) is 18.5 Å². The minimum absolute atomic E-state index is 0.0461. The Hall–Kier alpha value is -2.62. The van der Waals surface area contributed by atoms with Crippen LogP contribution in [0, 0.1) is 6.92 Å². The molecule has 1 saturated heterocycles. The summed E-state index contributed by atoms with van der Waals surface area (Å²) >= 11 is 6.24. The Labute approximate surface area is 185 Å². The van der Waals surface area contributed by atoms with Gasteiger partial charge in [-0.1, -0.05) is 41.4 Å². The van der Waals surface area contributed by atoms with Gasteiger partial charge in [0.15, 0.2) is 6.61 Å². The molecule has 10 heteroatoms. The van der Waals surface area contributed by atoms with E-state index in [1.54, 1.807) is 0 Å².